The molecule has 1 fully saturated rings. The molecule has 0 saturated carbocycles. The van der Waals surface area contributed by atoms with Crippen LogP contribution in [-0.2, 0) is 16.6 Å². The molecule has 0 atom stereocenters. The number of hydrogen-bond acceptors (Lipinski definition) is 6. The number of rotatable bonds is 8. The first-order valence-corrected chi connectivity index (χ1v) is 10.2. The zero-order chi connectivity index (χ0) is 18.1. The van der Waals surface area contributed by atoms with Gasteiger partial charge >= 0.3 is 0 Å². The van der Waals surface area contributed by atoms with Crippen molar-refractivity contribution in [1.82, 2.24) is 25.0 Å². The van der Waals surface area contributed by atoms with Crippen LogP contribution in [0.4, 0.5) is 0 Å². The number of nitrogens with one attached hydrogen (secondary N) is 2. The molecule has 2 heterocycles. The number of guanidine groups is 1. The van der Waals surface area contributed by atoms with Crippen LogP contribution in [0.2, 0.25) is 0 Å². The van der Waals surface area contributed by atoms with E-state index >= 15 is 0 Å². The van der Waals surface area contributed by atoms with Gasteiger partial charge in [0.1, 0.15) is 6.26 Å². The molecule has 0 spiro atoms. The number of piperazine rings is 1. The lowest BCUT2D eigenvalue weighted by molar-refractivity contribution is 0.169. The Labute approximate surface area is 149 Å². The molecule has 2 N–H and O–H groups in total. The summed E-state index contributed by atoms with van der Waals surface area (Å²) in [7, 11) is -1.34. The van der Waals surface area contributed by atoms with Gasteiger partial charge in [0.2, 0.25) is 10.0 Å². The van der Waals surface area contributed by atoms with Gasteiger partial charge in [-0.3, -0.25) is 9.89 Å². The average molecular weight is 372 g/mol. The SMILES string of the molecule is CCS(=O)(=O)NCCCNC(=NC)N1CCN(Cc2ccon2)CC1. The van der Waals surface area contributed by atoms with Gasteiger partial charge in [-0.1, -0.05) is 5.16 Å². The van der Waals surface area contributed by atoms with E-state index in [0.29, 0.717) is 19.5 Å². The Balaban J connectivity index is 1.66. The van der Waals surface area contributed by atoms with E-state index in [2.05, 4.69) is 30.0 Å². The maximum Gasteiger partial charge on any atom is 0.211 e. The largest absolute Gasteiger partial charge is 0.364 e. The number of aromatic nitrogens is 1. The first-order chi connectivity index (χ1) is 12.0. The smallest absolute Gasteiger partial charge is 0.211 e. The molecular formula is C15H28N6O3S. The predicted molar refractivity (Wildman–Crippen MR) is 96.8 cm³/mol. The van der Waals surface area contributed by atoms with E-state index in [0.717, 1.165) is 44.4 Å². The van der Waals surface area contributed by atoms with Gasteiger partial charge in [-0.15, -0.1) is 0 Å². The molecule has 0 unspecified atom stereocenters. The summed E-state index contributed by atoms with van der Waals surface area (Å²) in [5.74, 6) is 0.972. The summed E-state index contributed by atoms with van der Waals surface area (Å²) in [6, 6.07) is 1.89. The fourth-order valence-corrected chi connectivity index (χ4v) is 3.28. The van der Waals surface area contributed by atoms with Crippen molar-refractivity contribution in [3.8, 4) is 0 Å². The third-order valence-corrected chi connectivity index (χ3v) is 5.50. The highest BCUT2D eigenvalue weighted by atomic mass is 32.2. The second-order valence-corrected chi connectivity index (χ2v) is 7.97. The van der Waals surface area contributed by atoms with Crippen molar-refractivity contribution in [2.24, 2.45) is 4.99 Å². The van der Waals surface area contributed by atoms with Crippen LogP contribution in [-0.4, -0.2) is 81.4 Å². The minimum atomic E-state index is -3.11. The molecule has 1 aliphatic rings. The Morgan fingerprint density at radius 1 is 1.32 bits per heavy atom. The molecule has 10 heteroatoms. The van der Waals surface area contributed by atoms with Crippen molar-refractivity contribution in [3.05, 3.63) is 18.0 Å². The molecule has 1 saturated heterocycles. The van der Waals surface area contributed by atoms with E-state index in [1.165, 1.54) is 0 Å². The van der Waals surface area contributed by atoms with Crippen LogP contribution in [0.25, 0.3) is 0 Å². The van der Waals surface area contributed by atoms with Crippen molar-refractivity contribution < 1.29 is 12.9 Å². The fourth-order valence-electron chi connectivity index (χ4n) is 2.62. The average Bonchev–Trinajstić information content (AvgIpc) is 3.12. The summed E-state index contributed by atoms with van der Waals surface area (Å²) in [6.07, 6.45) is 2.31. The number of sulfonamides is 1. The van der Waals surface area contributed by atoms with Crippen molar-refractivity contribution in [2.45, 2.75) is 19.9 Å². The lowest BCUT2D eigenvalue weighted by Gasteiger charge is -2.36. The lowest BCUT2D eigenvalue weighted by atomic mass is 10.3. The highest BCUT2D eigenvalue weighted by Gasteiger charge is 2.20. The van der Waals surface area contributed by atoms with Gasteiger partial charge in [-0.25, -0.2) is 13.1 Å². The number of nitrogens with zero attached hydrogens (tertiary/aromatic N) is 4. The standard InChI is InChI=1S/C15H28N6O3S/c1-3-25(22,23)18-7-4-6-17-15(16-2)21-10-8-20(9-11-21)13-14-5-12-24-19-14/h5,12,18H,3-4,6-11,13H2,1-2H3,(H,16,17). The molecule has 1 aromatic heterocycles. The zero-order valence-electron chi connectivity index (χ0n) is 14.9. The maximum atomic E-state index is 11.4. The molecule has 2 rings (SSSR count). The van der Waals surface area contributed by atoms with Crippen LogP contribution in [0.15, 0.2) is 21.8 Å². The first kappa shape index (κ1) is 19.7. The normalized spacial score (nSPS) is 17.0. The molecule has 0 aromatic carbocycles. The van der Waals surface area contributed by atoms with Crippen LogP contribution in [0, 0.1) is 0 Å². The van der Waals surface area contributed by atoms with E-state index in [1.54, 1.807) is 20.2 Å². The van der Waals surface area contributed by atoms with Gasteiger partial charge in [-0.05, 0) is 13.3 Å². The Kier molecular flexibility index (Phi) is 7.66. The Hall–Kier alpha value is -1.65. The quantitative estimate of drug-likeness (QED) is 0.367. The van der Waals surface area contributed by atoms with E-state index in [1.807, 2.05) is 6.07 Å². The molecule has 1 aliphatic heterocycles. The third kappa shape index (κ3) is 6.63. The summed E-state index contributed by atoms with van der Waals surface area (Å²) in [6.45, 7) is 7.19. The minimum absolute atomic E-state index is 0.112. The lowest BCUT2D eigenvalue weighted by Crippen LogP contribution is -2.52. The van der Waals surface area contributed by atoms with E-state index in [9.17, 15) is 8.42 Å². The van der Waals surface area contributed by atoms with Gasteiger partial charge in [0.05, 0.1) is 11.4 Å². The summed E-state index contributed by atoms with van der Waals surface area (Å²) < 4.78 is 30.2. The molecule has 0 radical (unpaired) electrons. The van der Waals surface area contributed by atoms with Crippen molar-refractivity contribution in [2.75, 3.05) is 52.1 Å². The summed E-state index contributed by atoms with van der Waals surface area (Å²) in [4.78, 5) is 8.87. The van der Waals surface area contributed by atoms with Crippen LogP contribution in [0.3, 0.4) is 0 Å². The van der Waals surface area contributed by atoms with Gasteiger partial charge in [-0.2, -0.15) is 0 Å². The predicted octanol–water partition coefficient (Wildman–Crippen LogP) is -0.303. The van der Waals surface area contributed by atoms with Crippen molar-refractivity contribution >= 4 is 16.0 Å². The van der Waals surface area contributed by atoms with Crippen LogP contribution in [0.1, 0.15) is 19.0 Å². The van der Waals surface area contributed by atoms with Gasteiger partial charge in [0.25, 0.3) is 0 Å². The van der Waals surface area contributed by atoms with Gasteiger partial charge in [0.15, 0.2) is 5.96 Å². The number of aliphatic imine (C=N–C) groups is 1. The monoisotopic (exact) mass is 372 g/mol. The molecular weight excluding hydrogens is 344 g/mol. The number of hydrogen-bond donors (Lipinski definition) is 2. The molecule has 1 aromatic rings. The second kappa shape index (κ2) is 9.73. The summed E-state index contributed by atoms with van der Waals surface area (Å²) >= 11 is 0. The van der Waals surface area contributed by atoms with Gasteiger partial charge < -0.3 is 14.7 Å². The highest BCUT2D eigenvalue weighted by molar-refractivity contribution is 7.89. The zero-order valence-corrected chi connectivity index (χ0v) is 15.8. The minimum Gasteiger partial charge on any atom is -0.364 e. The van der Waals surface area contributed by atoms with Crippen molar-refractivity contribution in [3.63, 3.8) is 0 Å². The Morgan fingerprint density at radius 3 is 2.68 bits per heavy atom. The molecule has 0 amide bonds. The third-order valence-electron chi connectivity index (χ3n) is 4.10. The van der Waals surface area contributed by atoms with E-state index in [-0.39, 0.29) is 5.75 Å². The Morgan fingerprint density at radius 2 is 2.08 bits per heavy atom. The van der Waals surface area contributed by atoms with E-state index < -0.39 is 10.0 Å². The summed E-state index contributed by atoms with van der Waals surface area (Å²) in [5, 5.41) is 7.25. The van der Waals surface area contributed by atoms with Crippen molar-refractivity contribution in [1.29, 1.82) is 0 Å². The second-order valence-electron chi connectivity index (χ2n) is 5.88. The van der Waals surface area contributed by atoms with Crippen LogP contribution in [0.5, 0.6) is 0 Å². The van der Waals surface area contributed by atoms with Crippen LogP contribution >= 0.6 is 0 Å². The maximum absolute atomic E-state index is 11.4. The topological polar surface area (TPSA) is 103 Å². The first-order valence-electron chi connectivity index (χ1n) is 8.58. The molecule has 0 aliphatic carbocycles. The fraction of sp³-hybridized carbons (Fsp3) is 0.733. The molecule has 0 bridgehead atoms. The molecule has 9 nitrogen and oxygen atoms in total. The molecule has 142 valence electrons. The van der Waals surface area contributed by atoms with Crippen LogP contribution < -0.4 is 10.0 Å². The molecule has 25 heavy (non-hydrogen) atoms. The highest BCUT2D eigenvalue weighted by Crippen LogP contribution is 2.07. The van der Waals surface area contributed by atoms with E-state index in [4.69, 9.17) is 4.52 Å². The summed E-state index contributed by atoms with van der Waals surface area (Å²) in [5.41, 5.74) is 0.950. The Bertz CT molecular complexity index is 624. The van der Waals surface area contributed by atoms with Gasteiger partial charge in [0, 0.05) is 58.9 Å².